The topological polar surface area (TPSA) is 64.6 Å². The van der Waals surface area contributed by atoms with E-state index in [0.717, 1.165) is 21.9 Å². The Hall–Kier alpha value is -3.34. The number of nitrogens with one attached hydrogen (secondary N) is 1. The highest BCUT2D eigenvalue weighted by Gasteiger charge is 2.15. The fourth-order valence-corrected chi connectivity index (χ4v) is 2.98. The van der Waals surface area contributed by atoms with Crippen LogP contribution in [0.3, 0.4) is 0 Å². The lowest BCUT2D eigenvalue weighted by Crippen LogP contribution is -2.21. The molecule has 0 aliphatic carbocycles. The molecule has 3 aromatic rings. The molecule has 0 spiro atoms. The van der Waals surface area contributed by atoms with E-state index in [9.17, 15) is 9.59 Å². The van der Waals surface area contributed by atoms with Crippen LogP contribution in [-0.2, 0) is 9.53 Å². The molecule has 138 valence electrons. The first kappa shape index (κ1) is 18.5. The molecule has 3 rings (SSSR count). The molecule has 0 unspecified atom stereocenters. The number of hydrogen-bond donors (Lipinski definition) is 1. The predicted octanol–water partition coefficient (Wildman–Crippen LogP) is 4.26. The fourth-order valence-electron chi connectivity index (χ4n) is 2.98. The van der Waals surface area contributed by atoms with Gasteiger partial charge in [0.05, 0.1) is 12.7 Å². The van der Waals surface area contributed by atoms with E-state index in [1.54, 1.807) is 19.2 Å². The number of fused-ring (bicyclic) bond motifs is 1. The van der Waals surface area contributed by atoms with Gasteiger partial charge < -0.3 is 14.8 Å². The second-order valence-electron chi connectivity index (χ2n) is 6.30. The van der Waals surface area contributed by atoms with E-state index in [1.165, 1.54) is 0 Å². The van der Waals surface area contributed by atoms with Gasteiger partial charge in [-0.05, 0) is 43.0 Å². The highest BCUT2D eigenvalue weighted by atomic mass is 16.5. The Bertz CT molecular complexity index is 1010. The van der Waals surface area contributed by atoms with Gasteiger partial charge in [0.25, 0.3) is 5.91 Å². The number of hydrogen-bond acceptors (Lipinski definition) is 4. The first-order valence-corrected chi connectivity index (χ1v) is 8.59. The van der Waals surface area contributed by atoms with Gasteiger partial charge in [-0.2, -0.15) is 0 Å². The monoisotopic (exact) mass is 363 g/mol. The quantitative estimate of drug-likeness (QED) is 0.688. The molecule has 0 radical (unpaired) electrons. The van der Waals surface area contributed by atoms with Gasteiger partial charge in [0, 0.05) is 11.1 Å². The summed E-state index contributed by atoms with van der Waals surface area (Å²) in [6.45, 7) is 3.55. The zero-order chi connectivity index (χ0) is 19.4. The van der Waals surface area contributed by atoms with Crippen molar-refractivity contribution in [2.24, 2.45) is 0 Å². The van der Waals surface area contributed by atoms with Gasteiger partial charge in [0.1, 0.15) is 5.75 Å². The van der Waals surface area contributed by atoms with Crippen molar-refractivity contribution in [3.8, 4) is 5.75 Å². The van der Waals surface area contributed by atoms with Crippen LogP contribution in [0.5, 0.6) is 5.75 Å². The Morgan fingerprint density at radius 2 is 1.70 bits per heavy atom. The van der Waals surface area contributed by atoms with Gasteiger partial charge in [0.15, 0.2) is 6.61 Å². The van der Waals surface area contributed by atoms with Crippen LogP contribution in [0.1, 0.15) is 21.5 Å². The van der Waals surface area contributed by atoms with Gasteiger partial charge in [-0.1, -0.05) is 42.0 Å². The molecular weight excluding hydrogens is 342 g/mol. The fraction of sp³-hybridized carbons (Fsp3) is 0.182. The van der Waals surface area contributed by atoms with Crippen LogP contribution in [0.4, 0.5) is 5.69 Å². The molecule has 0 bridgehead atoms. The van der Waals surface area contributed by atoms with E-state index in [-0.39, 0.29) is 12.5 Å². The summed E-state index contributed by atoms with van der Waals surface area (Å²) in [5.41, 5.74) is 3.17. The molecule has 5 heteroatoms. The summed E-state index contributed by atoms with van der Waals surface area (Å²) in [6, 6.07) is 16.5. The first-order valence-electron chi connectivity index (χ1n) is 8.59. The van der Waals surface area contributed by atoms with E-state index in [2.05, 4.69) is 5.32 Å². The standard InChI is InChI=1S/C22H21NO4/c1-14-8-10-19(15(2)12-14)23-21(24)13-27-22(25)18-9-11-20(26-3)17-7-5-4-6-16(17)18/h4-12H,13H2,1-3H3,(H,23,24). The van der Waals surface area contributed by atoms with Crippen molar-refractivity contribution in [2.75, 3.05) is 19.0 Å². The molecule has 27 heavy (non-hydrogen) atoms. The maximum atomic E-state index is 12.5. The Morgan fingerprint density at radius 1 is 0.963 bits per heavy atom. The molecule has 3 aromatic carbocycles. The average molecular weight is 363 g/mol. The number of benzene rings is 3. The highest BCUT2D eigenvalue weighted by molar-refractivity contribution is 6.07. The van der Waals surface area contributed by atoms with Crippen molar-refractivity contribution < 1.29 is 19.1 Å². The Kier molecular flexibility index (Phi) is 5.41. The van der Waals surface area contributed by atoms with Crippen LogP contribution in [-0.4, -0.2) is 25.6 Å². The number of carbonyl (C=O) groups excluding carboxylic acids is 2. The molecule has 0 saturated heterocycles. The lowest BCUT2D eigenvalue weighted by molar-refractivity contribution is -0.119. The molecule has 1 amide bonds. The Labute approximate surface area is 157 Å². The van der Waals surface area contributed by atoms with Crippen molar-refractivity contribution in [2.45, 2.75) is 13.8 Å². The van der Waals surface area contributed by atoms with E-state index in [0.29, 0.717) is 17.0 Å². The lowest BCUT2D eigenvalue weighted by Gasteiger charge is -2.11. The van der Waals surface area contributed by atoms with Gasteiger partial charge in [-0.15, -0.1) is 0 Å². The van der Waals surface area contributed by atoms with Crippen LogP contribution < -0.4 is 10.1 Å². The average Bonchev–Trinajstić information content (AvgIpc) is 2.67. The van der Waals surface area contributed by atoms with Crippen LogP contribution in [0.15, 0.2) is 54.6 Å². The van der Waals surface area contributed by atoms with E-state index < -0.39 is 5.97 Å². The Balaban J connectivity index is 1.71. The lowest BCUT2D eigenvalue weighted by atomic mass is 10.0. The number of rotatable bonds is 5. The normalized spacial score (nSPS) is 10.5. The molecule has 0 heterocycles. The van der Waals surface area contributed by atoms with Crippen molar-refractivity contribution >= 4 is 28.3 Å². The molecule has 5 nitrogen and oxygen atoms in total. The van der Waals surface area contributed by atoms with Gasteiger partial charge in [-0.25, -0.2) is 4.79 Å². The highest BCUT2D eigenvalue weighted by Crippen LogP contribution is 2.28. The molecule has 0 saturated carbocycles. The first-order chi connectivity index (χ1) is 13.0. The zero-order valence-corrected chi connectivity index (χ0v) is 15.5. The predicted molar refractivity (Wildman–Crippen MR) is 105 cm³/mol. The minimum atomic E-state index is -0.551. The van der Waals surface area contributed by atoms with Crippen LogP contribution in [0, 0.1) is 13.8 Å². The van der Waals surface area contributed by atoms with Gasteiger partial charge in [-0.3, -0.25) is 4.79 Å². The minimum Gasteiger partial charge on any atom is -0.496 e. The van der Waals surface area contributed by atoms with E-state index in [4.69, 9.17) is 9.47 Å². The van der Waals surface area contributed by atoms with Crippen LogP contribution >= 0.6 is 0 Å². The summed E-state index contributed by atoms with van der Waals surface area (Å²) in [5.74, 6) is -0.257. The summed E-state index contributed by atoms with van der Waals surface area (Å²) in [4.78, 5) is 24.6. The third-order valence-electron chi connectivity index (χ3n) is 4.31. The maximum Gasteiger partial charge on any atom is 0.339 e. The number of ether oxygens (including phenoxy) is 2. The summed E-state index contributed by atoms with van der Waals surface area (Å²) < 4.78 is 10.5. The Morgan fingerprint density at radius 3 is 2.41 bits per heavy atom. The largest absolute Gasteiger partial charge is 0.496 e. The number of esters is 1. The molecule has 0 aromatic heterocycles. The summed E-state index contributed by atoms with van der Waals surface area (Å²) >= 11 is 0. The van der Waals surface area contributed by atoms with Crippen LogP contribution in [0.25, 0.3) is 10.8 Å². The third kappa shape index (κ3) is 4.08. The van der Waals surface area contributed by atoms with Crippen LogP contribution in [0.2, 0.25) is 0 Å². The molecule has 0 aliphatic heterocycles. The SMILES string of the molecule is COc1ccc(C(=O)OCC(=O)Nc2ccc(C)cc2C)c2ccccc12. The molecular formula is C22H21NO4. The van der Waals surface area contributed by atoms with Crippen molar-refractivity contribution in [3.05, 3.63) is 71.3 Å². The van der Waals surface area contributed by atoms with Crippen molar-refractivity contribution in [3.63, 3.8) is 0 Å². The zero-order valence-electron chi connectivity index (χ0n) is 15.5. The number of carbonyl (C=O) groups is 2. The number of anilines is 1. The number of amides is 1. The van der Waals surface area contributed by atoms with E-state index in [1.807, 2.05) is 56.3 Å². The summed E-state index contributed by atoms with van der Waals surface area (Å²) in [6.07, 6.45) is 0. The maximum absolute atomic E-state index is 12.5. The van der Waals surface area contributed by atoms with Gasteiger partial charge >= 0.3 is 5.97 Å². The smallest absolute Gasteiger partial charge is 0.339 e. The van der Waals surface area contributed by atoms with Crippen molar-refractivity contribution in [1.29, 1.82) is 0 Å². The summed E-state index contributed by atoms with van der Waals surface area (Å²) in [5, 5.41) is 4.30. The second-order valence-corrected chi connectivity index (χ2v) is 6.30. The van der Waals surface area contributed by atoms with Gasteiger partial charge in [0.2, 0.25) is 0 Å². The second kappa shape index (κ2) is 7.91. The van der Waals surface area contributed by atoms with Crippen molar-refractivity contribution in [1.82, 2.24) is 0 Å². The summed E-state index contributed by atoms with van der Waals surface area (Å²) in [7, 11) is 1.58. The molecule has 0 aliphatic rings. The number of methoxy groups -OCH3 is 1. The molecule has 0 atom stereocenters. The van der Waals surface area contributed by atoms with E-state index >= 15 is 0 Å². The number of aryl methyl sites for hydroxylation is 2. The molecule has 0 fully saturated rings. The molecule has 1 N–H and O–H groups in total. The third-order valence-corrected chi connectivity index (χ3v) is 4.31. The minimum absolute atomic E-state index is 0.355.